The van der Waals surface area contributed by atoms with Crippen LogP contribution in [0.15, 0.2) is 0 Å². The Morgan fingerprint density at radius 3 is 1.54 bits per heavy atom. The third-order valence-electron chi connectivity index (χ3n) is 6.53. The molecule has 0 aliphatic carbocycles. The molecule has 0 aromatic heterocycles. The molecular weight excluding hydrogens is 358 g/mol. The van der Waals surface area contributed by atoms with Gasteiger partial charge in [0.2, 0.25) is 10.5 Å². The van der Waals surface area contributed by atoms with Crippen molar-refractivity contribution in [3.63, 3.8) is 0 Å². The smallest absolute Gasteiger partial charge is 0.246 e. The normalized spacial score (nSPS) is 15.1. The van der Waals surface area contributed by atoms with Gasteiger partial charge in [-0.25, -0.2) is 0 Å². The monoisotopic (exact) mass is 410 g/mol. The lowest BCUT2D eigenvalue weighted by molar-refractivity contribution is 0.119. The van der Waals surface area contributed by atoms with E-state index in [2.05, 4.69) is 50.3 Å². The Hall–Kier alpha value is 0.137. The highest BCUT2D eigenvalue weighted by molar-refractivity contribution is 5.98. The molecule has 167 valence electrons. The fraction of sp³-hybridized carbons (Fsp3) is 1.00. The van der Waals surface area contributed by atoms with Gasteiger partial charge in [0, 0.05) is 6.10 Å². The molecule has 0 N–H and O–H groups in total. The molecule has 3 radical (unpaired) electrons. The molecule has 2 nitrogen and oxygen atoms in total. The van der Waals surface area contributed by atoms with E-state index < -0.39 is 0 Å². The fourth-order valence-corrected chi connectivity index (χ4v) is 4.47. The summed E-state index contributed by atoms with van der Waals surface area (Å²) in [6.45, 7) is 8.06. The van der Waals surface area contributed by atoms with E-state index in [0.29, 0.717) is 12.0 Å². The molecule has 28 heavy (non-hydrogen) atoms. The number of hydrogen-bond acceptors (Lipinski definition) is 2. The molecule has 0 bridgehead atoms. The van der Waals surface area contributed by atoms with Gasteiger partial charge in [-0.3, -0.25) is 0 Å². The minimum Gasteiger partial charge on any atom is -0.416 e. The number of nitrogens with zero attached hydrogens (tertiary/aromatic N) is 1. The van der Waals surface area contributed by atoms with Crippen molar-refractivity contribution in [1.82, 2.24) is 4.90 Å². The van der Waals surface area contributed by atoms with Crippen molar-refractivity contribution in [2.45, 2.75) is 130 Å². The molecule has 3 heteroatoms. The van der Waals surface area contributed by atoms with Crippen LogP contribution in [-0.2, 0) is 4.43 Å². The standard InChI is InChI=1S/C25H52NOSi/c1-6-7-8-9-10-11-12-13-14-15-16-17-18-20-25(21-19-22-26(4)5)23(2)24(3)27-28/h23-25H,6-22H2,1-5H3. The van der Waals surface area contributed by atoms with Gasteiger partial charge in [-0.05, 0) is 52.2 Å². The lowest BCUT2D eigenvalue weighted by atomic mass is 9.82. The van der Waals surface area contributed by atoms with Crippen LogP contribution in [0.4, 0.5) is 0 Å². The van der Waals surface area contributed by atoms with E-state index >= 15 is 0 Å². The molecule has 0 fully saturated rings. The Morgan fingerprint density at radius 1 is 0.679 bits per heavy atom. The molecule has 0 aliphatic heterocycles. The van der Waals surface area contributed by atoms with Crippen molar-refractivity contribution in [2.24, 2.45) is 11.8 Å². The first-order valence-corrected chi connectivity index (χ1v) is 12.9. The number of rotatable bonds is 21. The summed E-state index contributed by atoms with van der Waals surface area (Å²) in [6, 6.07) is 0. The largest absolute Gasteiger partial charge is 0.416 e. The molecule has 0 aromatic rings. The van der Waals surface area contributed by atoms with Crippen LogP contribution in [0.3, 0.4) is 0 Å². The predicted molar refractivity (Wildman–Crippen MR) is 127 cm³/mol. The molecule has 3 unspecified atom stereocenters. The molecule has 0 saturated heterocycles. The van der Waals surface area contributed by atoms with Crippen molar-refractivity contribution in [1.29, 1.82) is 0 Å². The highest BCUT2D eigenvalue weighted by atomic mass is 28.2. The van der Waals surface area contributed by atoms with E-state index in [9.17, 15) is 0 Å². The maximum atomic E-state index is 5.43. The summed E-state index contributed by atoms with van der Waals surface area (Å²) in [5, 5.41) is 0. The van der Waals surface area contributed by atoms with Crippen molar-refractivity contribution in [2.75, 3.05) is 20.6 Å². The molecular formula is C25H52NOSi. The first-order valence-electron chi connectivity index (χ1n) is 12.5. The molecule has 0 saturated carbocycles. The van der Waals surface area contributed by atoms with Crippen LogP contribution in [0.5, 0.6) is 0 Å². The zero-order valence-electron chi connectivity index (χ0n) is 20.1. The minimum absolute atomic E-state index is 0.294. The van der Waals surface area contributed by atoms with Gasteiger partial charge in [-0.15, -0.1) is 0 Å². The quantitative estimate of drug-likeness (QED) is 0.143. The van der Waals surface area contributed by atoms with Crippen molar-refractivity contribution >= 4 is 10.5 Å². The molecule has 3 atom stereocenters. The van der Waals surface area contributed by atoms with Gasteiger partial charge < -0.3 is 9.33 Å². The van der Waals surface area contributed by atoms with Gasteiger partial charge in [-0.1, -0.05) is 104 Å². The second-order valence-corrected chi connectivity index (χ2v) is 9.65. The Kier molecular flexibility index (Phi) is 20.5. The topological polar surface area (TPSA) is 12.5 Å². The van der Waals surface area contributed by atoms with Crippen LogP contribution in [0, 0.1) is 11.8 Å². The summed E-state index contributed by atoms with van der Waals surface area (Å²) < 4.78 is 5.43. The van der Waals surface area contributed by atoms with E-state index in [4.69, 9.17) is 4.43 Å². The van der Waals surface area contributed by atoms with Crippen LogP contribution in [0.2, 0.25) is 0 Å². The van der Waals surface area contributed by atoms with E-state index in [1.807, 2.05) is 0 Å². The van der Waals surface area contributed by atoms with E-state index in [1.165, 1.54) is 109 Å². The van der Waals surface area contributed by atoms with Gasteiger partial charge in [0.05, 0.1) is 0 Å². The summed E-state index contributed by atoms with van der Waals surface area (Å²) in [5.41, 5.74) is 0. The SMILES string of the molecule is CCCCCCCCCCCCCCCC(CCCN(C)C)C(C)C(C)O[Si]. The maximum Gasteiger partial charge on any atom is 0.246 e. The fourth-order valence-electron chi connectivity index (χ4n) is 4.25. The zero-order valence-corrected chi connectivity index (χ0v) is 21.1. The predicted octanol–water partition coefficient (Wildman–Crippen LogP) is 7.55. The van der Waals surface area contributed by atoms with E-state index in [1.54, 1.807) is 0 Å². The Labute approximate surface area is 182 Å². The summed E-state index contributed by atoms with van der Waals surface area (Å²) in [7, 11) is 7.61. The third kappa shape index (κ3) is 17.0. The van der Waals surface area contributed by atoms with Gasteiger partial charge in [-0.2, -0.15) is 0 Å². The molecule has 0 spiro atoms. The van der Waals surface area contributed by atoms with Crippen LogP contribution in [0.1, 0.15) is 124 Å². The van der Waals surface area contributed by atoms with Crippen molar-refractivity contribution in [3.05, 3.63) is 0 Å². The van der Waals surface area contributed by atoms with Gasteiger partial charge in [0.1, 0.15) is 0 Å². The van der Waals surface area contributed by atoms with Crippen molar-refractivity contribution in [3.8, 4) is 0 Å². The Balaban J connectivity index is 3.72. The first kappa shape index (κ1) is 28.1. The van der Waals surface area contributed by atoms with Crippen LogP contribution in [-0.4, -0.2) is 42.1 Å². The summed E-state index contributed by atoms with van der Waals surface area (Å²) in [6.07, 6.45) is 23.0. The Morgan fingerprint density at radius 2 is 1.11 bits per heavy atom. The highest BCUT2D eigenvalue weighted by Crippen LogP contribution is 2.28. The van der Waals surface area contributed by atoms with E-state index in [-0.39, 0.29) is 0 Å². The van der Waals surface area contributed by atoms with Crippen LogP contribution in [0.25, 0.3) is 0 Å². The maximum absolute atomic E-state index is 5.43. The second-order valence-electron chi connectivity index (χ2n) is 9.42. The minimum atomic E-state index is 0.294. The average Bonchev–Trinajstić information content (AvgIpc) is 2.68. The third-order valence-corrected chi connectivity index (χ3v) is 6.90. The summed E-state index contributed by atoms with van der Waals surface area (Å²) in [5.74, 6) is 1.41. The molecule has 0 heterocycles. The van der Waals surface area contributed by atoms with Crippen LogP contribution >= 0.6 is 0 Å². The van der Waals surface area contributed by atoms with Crippen molar-refractivity contribution < 1.29 is 4.43 Å². The highest BCUT2D eigenvalue weighted by Gasteiger charge is 2.21. The first-order chi connectivity index (χ1) is 13.5. The number of hydrogen-bond donors (Lipinski definition) is 0. The number of unbranched alkanes of at least 4 members (excludes halogenated alkanes) is 12. The lowest BCUT2D eigenvalue weighted by Crippen LogP contribution is -2.26. The van der Waals surface area contributed by atoms with Gasteiger partial charge in [0.15, 0.2) is 0 Å². The summed E-state index contributed by atoms with van der Waals surface area (Å²) >= 11 is 0. The lowest BCUT2D eigenvalue weighted by Gasteiger charge is -2.29. The van der Waals surface area contributed by atoms with Gasteiger partial charge >= 0.3 is 0 Å². The van der Waals surface area contributed by atoms with E-state index in [0.717, 1.165) is 5.92 Å². The molecule has 0 rings (SSSR count). The van der Waals surface area contributed by atoms with Crippen LogP contribution < -0.4 is 0 Å². The zero-order chi connectivity index (χ0) is 21.0. The second kappa shape index (κ2) is 20.4. The molecule has 0 aliphatic rings. The molecule has 0 aromatic carbocycles. The Bertz CT molecular complexity index is 311. The van der Waals surface area contributed by atoms with Gasteiger partial charge in [0.25, 0.3) is 0 Å². The summed E-state index contributed by atoms with van der Waals surface area (Å²) in [4.78, 5) is 2.30. The molecule has 0 amide bonds. The average molecular weight is 411 g/mol.